The highest BCUT2D eigenvalue weighted by Crippen LogP contribution is 2.33. The van der Waals surface area contributed by atoms with Crippen molar-refractivity contribution < 1.29 is 9.53 Å². The molecule has 1 aliphatic carbocycles. The average molecular weight is 304 g/mol. The van der Waals surface area contributed by atoms with E-state index < -0.39 is 0 Å². The molecule has 1 aromatic rings. The first-order chi connectivity index (χ1) is 10.5. The molecule has 0 fully saturated rings. The van der Waals surface area contributed by atoms with Crippen LogP contribution in [-0.2, 0) is 11.2 Å². The van der Waals surface area contributed by atoms with E-state index in [0.717, 1.165) is 18.7 Å². The summed E-state index contributed by atoms with van der Waals surface area (Å²) in [5.74, 6) is 1.65. The summed E-state index contributed by atoms with van der Waals surface area (Å²) < 4.78 is 5.32. The van der Waals surface area contributed by atoms with Gasteiger partial charge in [-0.1, -0.05) is 6.07 Å². The van der Waals surface area contributed by atoms with Gasteiger partial charge < -0.3 is 15.0 Å². The number of carbonyl (C=O) groups is 1. The lowest BCUT2D eigenvalue weighted by Crippen LogP contribution is -2.36. The topological polar surface area (TPSA) is 41.6 Å². The van der Waals surface area contributed by atoms with E-state index in [4.69, 9.17) is 4.74 Å². The first-order valence-electron chi connectivity index (χ1n) is 8.11. The fraction of sp³-hybridized carbons (Fsp3) is 0.611. The molecule has 4 nitrogen and oxygen atoms in total. The number of hydrogen-bond donors (Lipinski definition) is 1. The third kappa shape index (κ3) is 4.23. The first-order valence-corrected chi connectivity index (χ1v) is 8.11. The lowest BCUT2D eigenvalue weighted by Gasteiger charge is -2.27. The highest BCUT2D eigenvalue weighted by Gasteiger charge is 2.21. The van der Waals surface area contributed by atoms with Crippen LogP contribution in [0.15, 0.2) is 18.2 Å². The van der Waals surface area contributed by atoms with Gasteiger partial charge in [-0.3, -0.25) is 4.79 Å². The normalized spacial score (nSPS) is 18.5. The Labute approximate surface area is 133 Å². The Kier molecular flexibility index (Phi) is 5.83. The van der Waals surface area contributed by atoms with Gasteiger partial charge in [0.15, 0.2) is 0 Å². The maximum absolute atomic E-state index is 11.7. The second-order valence-corrected chi connectivity index (χ2v) is 6.46. The Bertz CT molecular complexity index is 514. The van der Waals surface area contributed by atoms with Gasteiger partial charge in [0, 0.05) is 33.1 Å². The molecule has 1 amide bonds. The molecule has 0 spiro atoms. The van der Waals surface area contributed by atoms with Gasteiger partial charge in [0.25, 0.3) is 0 Å². The van der Waals surface area contributed by atoms with Crippen LogP contribution in [0.2, 0.25) is 0 Å². The van der Waals surface area contributed by atoms with Crippen LogP contribution in [0.3, 0.4) is 0 Å². The Morgan fingerprint density at radius 2 is 2.23 bits per heavy atom. The predicted octanol–water partition coefficient (Wildman–Crippen LogP) is 2.57. The summed E-state index contributed by atoms with van der Waals surface area (Å²) in [6.07, 6.45) is 4.12. The number of nitrogens with one attached hydrogen (secondary N) is 1. The second-order valence-electron chi connectivity index (χ2n) is 6.46. The molecule has 2 rings (SSSR count). The number of amides is 1. The summed E-state index contributed by atoms with van der Waals surface area (Å²) in [5, 5.41) is 3.53. The molecule has 1 aliphatic rings. The minimum Gasteiger partial charge on any atom is -0.497 e. The fourth-order valence-electron chi connectivity index (χ4n) is 3.09. The van der Waals surface area contributed by atoms with E-state index >= 15 is 0 Å². The number of hydrogen-bond acceptors (Lipinski definition) is 3. The fourth-order valence-corrected chi connectivity index (χ4v) is 3.09. The van der Waals surface area contributed by atoms with Crippen LogP contribution in [0.1, 0.15) is 43.2 Å². The third-order valence-electron chi connectivity index (χ3n) is 4.48. The van der Waals surface area contributed by atoms with Crippen LogP contribution in [0.5, 0.6) is 5.75 Å². The molecule has 0 saturated heterocycles. The molecule has 0 bridgehead atoms. The number of carbonyl (C=O) groups excluding carboxylic acids is 1. The van der Waals surface area contributed by atoms with E-state index in [1.165, 1.54) is 24.0 Å². The van der Waals surface area contributed by atoms with Crippen molar-refractivity contribution in [2.24, 2.45) is 0 Å². The Morgan fingerprint density at radius 3 is 2.91 bits per heavy atom. The molecular weight excluding hydrogens is 276 g/mol. The van der Waals surface area contributed by atoms with Gasteiger partial charge in [0.05, 0.1) is 7.11 Å². The Balaban J connectivity index is 1.93. The van der Waals surface area contributed by atoms with Crippen LogP contribution in [-0.4, -0.2) is 44.6 Å². The molecule has 122 valence electrons. The van der Waals surface area contributed by atoms with Gasteiger partial charge >= 0.3 is 0 Å². The van der Waals surface area contributed by atoms with E-state index in [1.54, 1.807) is 26.1 Å². The number of aryl methyl sites for hydroxylation is 1. The maximum atomic E-state index is 11.7. The first kappa shape index (κ1) is 16.8. The number of nitrogens with zero attached hydrogens (tertiary/aromatic N) is 1. The second kappa shape index (κ2) is 7.63. The molecule has 22 heavy (non-hydrogen) atoms. The number of rotatable bonds is 6. The Morgan fingerprint density at radius 1 is 1.45 bits per heavy atom. The van der Waals surface area contributed by atoms with Gasteiger partial charge in [-0.15, -0.1) is 0 Å². The third-order valence-corrected chi connectivity index (χ3v) is 4.48. The number of methoxy groups -OCH3 is 1. The minimum absolute atomic E-state index is 0.175. The largest absolute Gasteiger partial charge is 0.497 e. The SMILES string of the molecule is COc1ccc2c(c1)CCC[C@@H]2CN[C@@H](C)CC(=O)N(C)C. The summed E-state index contributed by atoms with van der Waals surface area (Å²) >= 11 is 0. The molecule has 0 aromatic heterocycles. The molecule has 0 saturated carbocycles. The zero-order valence-electron chi connectivity index (χ0n) is 14.2. The smallest absolute Gasteiger partial charge is 0.223 e. The highest BCUT2D eigenvalue weighted by atomic mass is 16.5. The molecule has 0 unspecified atom stereocenters. The van der Waals surface area contributed by atoms with Gasteiger partial charge in [-0.05, 0) is 55.4 Å². The van der Waals surface area contributed by atoms with E-state index in [1.807, 2.05) is 0 Å². The number of fused-ring (bicyclic) bond motifs is 1. The summed E-state index contributed by atoms with van der Waals surface area (Å²) in [6, 6.07) is 6.63. The van der Waals surface area contributed by atoms with Crippen LogP contribution in [0.25, 0.3) is 0 Å². The highest BCUT2D eigenvalue weighted by molar-refractivity contribution is 5.76. The van der Waals surface area contributed by atoms with Crippen LogP contribution in [0.4, 0.5) is 0 Å². The minimum atomic E-state index is 0.175. The van der Waals surface area contributed by atoms with E-state index in [-0.39, 0.29) is 11.9 Å². The van der Waals surface area contributed by atoms with Crippen LogP contribution >= 0.6 is 0 Å². The number of benzene rings is 1. The van der Waals surface area contributed by atoms with Crippen molar-refractivity contribution in [3.63, 3.8) is 0 Å². The van der Waals surface area contributed by atoms with Crippen LogP contribution < -0.4 is 10.1 Å². The zero-order valence-corrected chi connectivity index (χ0v) is 14.2. The average Bonchev–Trinajstić information content (AvgIpc) is 2.52. The van der Waals surface area contributed by atoms with Crippen molar-refractivity contribution in [3.8, 4) is 5.75 Å². The van der Waals surface area contributed by atoms with E-state index in [0.29, 0.717) is 12.3 Å². The van der Waals surface area contributed by atoms with Crippen molar-refractivity contribution in [1.82, 2.24) is 10.2 Å². The standard InChI is InChI=1S/C18H28N2O2/c1-13(10-18(21)20(2)3)19-12-15-7-5-6-14-11-16(22-4)8-9-17(14)15/h8-9,11,13,15,19H,5-7,10,12H2,1-4H3/t13-,15+/m0/s1. The maximum Gasteiger partial charge on any atom is 0.223 e. The lowest BCUT2D eigenvalue weighted by atomic mass is 9.82. The summed E-state index contributed by atoms with van der Waals surface area (Å²) in [6.45, 7) is 3.01. The molecular formula is C18H28N2O2. The molecule has 1 N–H and O–H groups in total. The quantitative estimate of drug-likeness (QED) is 0.878. The van der Waals surface area contributed by atoms with E-state index in [9.17, 15) is 4.79 Å². The monoisotopic (exact) mass is 304 g/mol. The van der Waals surface area contributed by atoms with Crippen LogP contribution in [0, 0.1) is 0 Å². The zero-order chi connectivity index (χ0) is 16.1. The molecule has 2 atom stereocenters. The molecule has 0 aliphatic heterocycles. The summed E-state index contributed by atoms with van der Waals surface area (Å²) in [4.78, 5) is 13.4. The van der Waals surface area contributed by atoms with Crippen molar-refractivity contribution in [3.05, 3.63) is 29.3 Å². The van der Waals surface area contributed by atoms with Gasteiger partial charge in [-0.2, -0.15) is 0 Å². The molecule has 1 aromatic carbocycles. The predicted molar refractivity (Wildman–Crippen MR) is 89.4 cm³/mol. The van der Waals surface area contributed by atoms with Gasteiger partial charge in [-0.25, -0.2) is 0 Å². The van der Waals surface area contributed by atoms with Gasteiger partial charge in [0.1, 0.15) is 5.75 Å². The van der Waals surface area contributed by atoms with Crippen molar-refractivity contribution >= 4 is 5.91 Å². The number of ether oxygens (including phenoxy) is 1. The Hall–Kier alpha value is -1.55. The molecule has 0 heterocycles. The van der Waals surface area contributed by atoms with Crippen molar-refractivity contribution in [1.29, 1.82) is 0 Å². The molecule has 0 radical (unpaired) electrons. The van der Waals surface area contributed by atoms with Gasteiger partial charge in [0.2, 0.25) is 5.91 Å². The summed E-state index contributed by atoms with van der Waals surface area (Å²) in [5.41, 5.74) is 2.85. The van der Waals surface area contributed by atoms with E-state index in [2.05, 4.69) is 30.4 Å². The summed E-state index contributed by atoms with van der Waals surface area (Å²) in [7, 11) is 5.33. The molecule has 4 heteroatoms. The van der Waals surface area contributed by atoms with Crippen molar-refractivity contribution in [2.45, 2.75) is 44.6 Å². The lowest BCUT2D eigenvalue weighted by molar-refractivity contribution is -0.129. The van der Waals surface area contributed by atoms with Crippen molar-refractivity contribution in [2.75, 3.05) is 27.7 Å².